The molecule has 0 aliphatic rings. The van der Waals surface area contributed by atoms with E-state index in [2.05, 4.69) is 10.3 Å². The summed E-state index contributed by atoms with van der Waals surface area (Å²) in [6.45, 7) is -0.959. The minimum atomic E-state index is -1.07. The van der Waals surface area contributed by atoms with Crippen LogP contribution in [-0.2, 0) is 19.3 Å². The highest BCUT2D eigenvalue weighted by molar-refractivity contribution is 6.11. The number of carboxylic acid groups (broad SMARTS) is 2. The zero-order valence-corrected chi connectivity index (χ0v) is 25.4. The first-order valence-electron chi connectivity index (χ1n) is 14.0. The molecule has 236 valence electrons. The van der Waals surface area contributed by atoms with Gasteiger partial charge in [-0.3, -0.25) is 0 Å². The number of ether oxygens (including phenoxy) is 2. The molecular weight excluding hydrogens is 588 g/mol. The molecule has 4 aromatic rings. The summed E-state index contributed by atoms with van der Waals surface area (Å²) in [5.41, 5.74) is 4.69. The molecular formula is C36H34N2O8. The van der Waals surface area contributed by atoms with E-state index in [1.807, 2.05) is 121 Å². The maximum Gasteiger partial charge on any atom is 0.344 e. The predicted molar refractivity (Wildman–Crippen MR) is 177 cm³/mol. The fourth-order valence-corrected chi connectivity index (χ4v) is 3.67. The van der Waals surface area contributed by atoms with Gasteiger partial charge in [-0.15, -0.1) is 0 Å². The Bertz CT molecular complexity index is 1510. The Morgan fingerprint density at radius 2 is 0.913 bits per heavy atom. The summed E-state index contributed by atoms with van der Waals surface area (Å²) in [4.78, 5) is 30.8. The monoisotopic (exact) mass is 622 g/mol. The first kappa shape index (κ1) is 34.3. The summed E-state index contributed by atoms with van der Waals surface area (Å²) in [5.74, 6) is -0.576. The topological polar surface area (TPSA) is 136 Å². The molecule has 0 fully saturated rings. The number of rotatable bonds is 14. The molecule has 0 spiro atoms. The molecule has 0 radical (unpaired) electrons. The van der Waals surface area contributed by atoms with E-state index in [4.69, 9.17) is 29.4 Å². The van der Waals surface area contributed by atoms with Crippen molar-refractivity contribution >= 4 is 35.5 Å². The highest BCUT2D eigenvalue weighted by Gasteiger charge is 2.03. The van der Waals surface area contributed by atoms with Gasteiger partial charge in [0.15, 0.2) is 0 Å². The van der Waals surface area contributed by atoms with Gasteiger partial charge in [0.1, 0.15) is 22.9 Å². The van der Waals surface area contributed by atoms with Crippen LogP contribution in [0.1, 0.15) is 22.3 Å². The van der Waals surface area contributed by atoms with Gasteiger partial charge in [0.25, 0.3) is 0 Å². The van der Waals surface area contributed by atoms with Crippen LogP contribution in [0.2, 0.25) is 0 Å². The third-order valence-electron chi connectivity index (χ3n) is 5.94. The zero-order valence-electron chi connectivity index (χ0n) is 25.4. The van der Waals surface area contributed by atoms with Gasteiger partial charge in [-0.1, -0.05) is 107 Å². The minimum absolute atomic E-state index is 0.479. The number of hydrogen-bond donors (Lipinski definition) is 2. The summed E-state index contributed by atoms with van der Waals surface area (Å²) < 4.78 is 10.2. The van der Waals surface area contributed by atoms with Crippen LogP contribution in [0.5, 0.6) is 11.5 Å². The number of nitrogens with zero attached hydrogens (tertiary/aromatic N) is 2. The Kier molecular flexibility index (Phi) is 14.3. The maximum atomic E-state index is 10.5. The third kappa shape index (κ3) is 12.6. The first-order valence-corrected chi connectivity index (χ1v) is 14.0. The van der Waals surface area contributed by atoms with E-state index in [1.54, 1.807) is 26.4 Å². The number of allylic oxidation sites excluding steroid dienone is 2. The molecule has 4 rings (SSSR count). The maximum absolute atomic E-state index is 10.5. The van der Waals surface area contributed by atoms with E-state index in [0.29, 0.717) is 11.4 Å². The lowest BCUT2D eigenvalue weighted by Crippen LogP contribution is -2.06. The molecule has 0 atom stereocenters. The summed E-state index contributed by atoms with van der Waals surface area (Å²) in [6.07, 6.45) is 7.29. The van der Waals surface area contributed by atoms with Crippen LogP contribution in [0.15, 0.2) is 132 Å². The highest BCUT2D eigenvalue weighted by atomic mass is 16.6. The summed E-state index contributed by atoms with van der Waals surface area (Å²) in [5, 5.41) is 25.1. The number of benzene rings is 4. The van der Waals surface area contributed by atoms with Crippen molar-refractivity contribution in [3.8, 4) is 11.5 Å². The lowest BCUT2D eigenvalue weighted by atomic mass is 10.1. The number of carboxylic acids is 2. The van der Waals surface area contributed by atoms with Crippen molar-refractivity contribution in [2.75, 3.05) is 27.4 Å². The Morgan fingerprint density at radius 3 is 1.22 bits per heavy atom. The van der Waals surface area contributed by atoms with E-state index in [0.717, 1.165) is 33.8 Å². The van der Waals surface area contributed by atoms with Crippen LogP contribution in [-0.4, -0.2) is 61.0 Å². The SMILES string of the molecule is COc1ccc(/C=C/C(=N\OCC(=O)O)c2ccccc2)cc1.COc1ccc(/C=C/C(=N\OCC(=O)O)c2ccccc2)cc1. The Hall–Kier alpha value is -6.16. The molecule has 0 aromatic heterocycles. The van der Waals surface area contributed by atoms with Gasteiger partial charge in [0.2, 0.25) is 13.2 Å². The van der Waals surface area contributed by atoms with Crippen LogP contribution in [0, 0.1) is 0 Å². The van der Waals surface area contributed by atoms with Crippen molar-refractivity contribution in [3.63, 3.8) is 0 Å². The molecule has 0 aliphatic heterocycles. The normalized spacial score (nSPS) is 11.4. The second kappa shape index (κ2) is 19.2. The van der Waals surface area contributed by atoms with Crippen molar-refractivity contribution in [1.29, 1.82) is 0 Å². The second-order valence-corrected chi connectivity index (χ2v) is 9.23. The van der Waals surface area contributed by atoms with Gasteiger partial charge >= 0.3 is 11.9 Å². The molecule has 0 saturated heterocycles. The number of methoxy groups -OCH3 is 2. The molecule has 0 bridgehead atoms. The molecule has 0 saturated carbocycles. The number of hydrogen-bond acceptors (Lipinski definition) is 8. The van der Waals surface area contributed by atoms with Gasteiger partial charge in [0, 0.05) is 11.1 Å². The standard InChI is InChI=1S/2C18H17NO4/c2*1-22-16-10-7-14(8-11-16)9-12-17(19-23-13-18(20)21)15-5-3-2-4-6-15/h2*2-12H,13H2,1H3,(H,20,21)/b2*12-9+,19-17+. The second-order valence-electron chi connectivity index (χ2n) is 9.23. The summed E-state index contributed by atoms with van der Waals surface area (Å²) in [7, 11) is 3.23. The van der Waals surface area contributed by atoms with Crippen molar-refractivity contribution < 1.29 is 39.0 Å². The van der Waals surface area contributed by atoms with Crippen LogP contribution in [0.4, 0.5) is 0 Å². The zero-order chi connectivity index (χ0) is 33.0. The molecule has 0 heterocycles. The van der Waals surface area contributed by atoms with Crippen molar-refractivity contribution in [1.82, 2.24) is 0 Å². The molecule has 46 heavy (non-hydrogen) atoms. The highest BCUT2D eigenvalue weighted by Crippen LogP contribution is 2.14. The van der Waals surface area contributed by atoms with Crippen LogP contribution in [0.25, 0.3) is 12.2 Å². The number of aliphatic carboxylic acids is 2. The fourth-order valence-electron chi connectivity index (χ4n) is 3.67. The molecule has 0 amide bonds. The van der Waals surface area contributed by atoms with Crippen LogP contribution in [0.3, 0.4) is 0 Å². The summed E-state index contributed by atoms with van der Waals surface area (Å²) >= 11 is 0. The van der Waals surface area contributed by atoms with Crippen molar-refractivity contribution in [2.45, 2.75) is 0 Å². The number of oxime groups is 2. The van der Waals surface area contributed by atoms with Gasteiger partial charge in [-0.05, 0) is 47.5 Å². The minimum Gasteiger partial charge on any atom is -0.497 e. The van der Waals surface area contributed by atoms with Crippen molar-refractivity contribution in [3.05, 3.63) is 144 Å². The van der Waals surface area contributed by atoms with Gasteiger partial charge in [0.05, 0.1) is 14.2 Å². The van der Waals surface area contributed by atoms with Crippen LogP contribution >= 0.6 is 0 Å². The third-order valence-corrected chi connectivity index (χ3v) is 5.94. The Labute approximate surface area is 267 Å². The van der Waals surface area contributed by atoms with Gasteiger partial charge in [-0.25, -0.2) is 9.59 Å². The molecule has 2 N–H and O–H groups in total. The quantitative estimate of drug-likeness (QED) is 0.121. The van der Waals surface area contributed by atoms with Crippen LogP contribution < -0.4 is 9.47 Å². The lowest BCUT2D eigenvalue weighted by Gasteiger charge is -2.02. The average Bonchev–Trinajstić information content (AvgIpc) is 3.09. The molecule has 4 aromatic carbocycles. The Morgan fingerprint density at radius 1 is 0.565 bits per heavy atom. The van der Waals surface area contributed by atoms with E-state index in [9.17, 15) is 9.59 Å². The smallest absolute Gasteiger partial charge is 0.344 e. The van der Waals surface area contributed by atoms with Gasteiger partial charge in [-0.2, -0.15) is 0 Å². The lowest BCUT2D eigenvalue weighted by molar-refractivity contribution is -0.143. The first-order chi connectivity index (χ1) is 22.4. The fraction of sp³-hybridized carbons (Fsp3) is 0.111. The van der Waals surface area contributed by atoms with E-state index >= 15 is 0 Å². The van der Waals surface area contributed by atoms with Gasteiger partial charge < -0.3 is 29.4 Å². The molecule has 0 aliphatic carbocycles. The molecule has 10 heteroatoms. The predicted octanol–water partition coefficient (Wildman–Crippen LogP) is 6.43. The van der Waals surface area contributed by atoms with Crippen molar-refractivity contribution in [2.24, 2.45) is 10.3 Å². The number of carbonyl (C=O) groups is 2. The summed E-state index contributed by atoms with van der Waals surface area (Å²) in [6, 6.07) is 33.9. The average molecular weight is 623 g/mol. The molecule has 0 unspecified atom stereocenters. The van der Waals surface area contributed by atoms with E-state index in [-0.39, 0.29) is 0 Å². The van der Waals surface area contributed by atoms with E-state index in [1.165, 1.54) is 0 Å². The van der Waals surface area contributed by atoms with E-state index < -0.39 is 25.2 Å². The largest absolute Gasteiger partial charge is 0.497 e. The Balaban J connectivity index is 0.000000250. The molecule has 10 nitrogen and oxygen atoms in total.